The number of rotatable bonds is 4. The van der Waals surface area contributed by atoms with E-state index in [1.807, 2.05) is 6.07 Å². The van der Waals surface area contributed by atoms with Gasteiger partial charge in [-0.2, -0.15) is 0 Å². The molecule has 0 radical (unpaired) electrons. The number of nitrogens with zero attached hydrogens (tertiary/aromatic N) is 1. The summed E-state index contributed by atoms with van der Waals surface area (Å²) in [6.45, 7) is 1.47. The molecule has 0 unspecified atom stereocenters. The Balaban J connectivity index is 1.99. The zero-order chi connectivity index (χ0) is 9.26. The van der Waals surface area contributed by atoms with E-state index >= 15 is 0 Å². The van der Waals surface area contributed by atoms with E-state index in [1.165, 1.54) is 18.4 Å². The van der Waals surface area contributed by atoms with Crippen molar-refractivity contribution in [2.24, 2.45) is 5.73 Å². The predicted molar refractivity (Wildman–Crippen MR) is 51.1 cm³/mol. The molecule has 0 spiro atoms. The van der Waals surface area contributed by atoms with Crippen LogP contribution in [0, 0.1) is 0 Å². The minimum atomic E-state index is 0.501. The van der Waals surface area contributed by atoms with Crippen LogP contribution in [0.3, 0.4) is 0 Å². The lowest BCUT2D eigenvalue weighted by Gasteiger charge is -2.14. The third-order valence-corrected chi connectivity index (χ3v) is 2.61. The van der Waals surface area contributed by atoms with Gasteiger partial charge in [-0.25, -0.2) is 0 Å². The Morgan fingerprint density at radius 2 is 2.38 bits per heavy atom. The monoisotopic (exact) mass is 180 g/mol. The fourth-order valence-corrected chi connectivity index (χ4v) is 1.60. The Morgan fingerprint density at radius 3 is 3.00 bits per heavy atom. The number of nitrogens with two attached hydrogens (primary N) is 1. The second-order valence-corrected chi connectivity index (χ2v) is 3.72. The highest BCUT2D eigenvalue weighted by Gasteiger charge is 2.26. The Hall–Kier alpha value is -0.800. The molecule has 72 valence electrons. The molecule has 0 saturated heterocycles. The molecule has 0 amide bonds. The van der Waals surface area contributed by atoms with Gasteiger partial charge >= 0.3 is 0 Å². The molecule has 1 aromatic heterocycles. The van der Waals surface area contributed by atoms with Gasteiger partial charge in [-0.1, -0.05) is 0 Å². The van der Waals surface area contributed by atoms with E-state index < -0.39 is 0 Å². The van der Waals surface area contributed by atoms with Crippen LogP contribution in [0.25, 0.3) is 0 Å². The molecule has 1 fully saturated rings. The summed E-state index contributed by atoms with van der Waals surface area (Å²) in [6.07, 6.45) is 4.40. The van der Waals surface area contributed by atoms with Gasteiger partial charge < -0.3 is 10.2 Å². The fourth-order valence-electron chi connectivity index (χ4n) is 1.60. The van der Waals surface area contributed by atoms with Gasteiger partial charge in [0.2, 0.25) is 0 Å². The molecule has 0 aromatic carbocycles. The van der Waals surface area contributed by atoms with Gasteiger partial charge in [-0.3, -0.25) is 4.90 Å². The highest BCUT2D eigenvalue weighted by molar-refractivity contribution is 5.16. The Kier molecular flexibility index (Phi) is 2.38. The van der Waals surface area contributed by atoms with E-state index in [0.29, 0.717) is 6.54 Å². The van der Waals surface area contributed by atoms with Gasteiger partial charge in [0.1, 0.15) is 5.76 Å². The fraction of sp³-hybridized carbons (Fsp3) is 0.600. The van der Waals surface area contributed by atoms with Crippen LogP contribution >= 0.6 is 0 Å². The normalized spacial score (nSPS) is 16.8. The highest BCUT2D eigenvalue weighted by atomic mass is 16.3. The maximum absolute atomic E-state index is 5.55. The average Bonchev–Trinajstić information content (AvgIpc) is 2.88. The standard InChI is InChI=1S/C10H16N2O/c1-12(9-2-3-9)7-8-4-5-13-10(8)6-11/h4-5,9H,2-3,6-7,11H2,1H3. The number of furan rings is 1. The molecule has 0 atom stereocenters. The summed E-state index contributed by atoms with van der Waals surface area (Å²) in [4.78, 5) is 2.37. The topological polar surface area (TPSA) is 42.4 Å². The van der Waals surface area contributed by atoms with E-state index in [-0.39, 0.29) is 0 Å². The van der Waals surface area contributed by atoms with Crippen molar-refractivity contribution in [3.63, 3.8) is 0 Å². The van der Waals surface area contributed by atoms with Crippen LogP contribution in [0.2, 0.25) is 0 Å². The van der Waals surface area contributed by atoms with Crippen molar-refractivity contribution in [1.82, 2.24) is 4.90 Å². The van der Waals surface area contributed by atoms with Crippen LogP contribution in [0.15, 0.2) is 16.7 Å². The average molecular weight is 180 g/mol. The first-order valence-corrected chi connectivity index (χ1v) is 4.77. The zero-order valence-corrected chi connectivity index (χ0v) is 7.99. The van der Waals surface area contributed by atoms with Gasteiger partial charge in [0.05, 0.1) is 12.8 Å². The molecular formula is C10H16N2O. The van der Waals surface area contributed by atoms with Crippen molar-refractivity contribution >= 4 is 0 Å². The second-order valence-electron chi connectivity index (χ2n) is 3.72. The summed E-state index contributed by atoms with van der Waals surface area (Å²) in [5.41, 5.74) is 6.78. The first-order chi connectivity index (χ1) is 6.31. The third kappa shape index (κ3) is 1.92. The lowest BCUT2D eigenvalue weighted by Crippen LogP contribution is -2.20. The van der Waals surface area contributed by atoms with Gasteiger partial charge in [0.15, 0.2) is 0 Å². The van der Waals surface area contributed by atoms with Crippen LogP contribution in [0.5, 0.6) is 0 Å². The lowest BCUT2D eigenvalue weighted by molar-refractivity contribution is 0.313. The van der Waals surface area contributed by atoms with E-state index in [1.54, 1.807) is 6.26 Å². The van der Waals surface area contributed by atoms with Gasteiger partial charge in [0, 0.05) is 18.2 Å². The third-order valence-electron chi connectivity index (χ3n) is 2.61. The van der Waals surface area contributed by atoms with Gasteiger partial charge in [-0.15, -0.1) is 0 Å². The van der Waals surface area contributed by atoms with Crippen molar-refractivity contribution in [1.29, 1.82) is 0 Å². The van der Waals surface area contributed by atoms with Gasteiger partial charge in [0.25, 0.3) is 0 Å². The zero-order valence-electron chi connectivity index (χ0n) is 7.99. The molecule has 1 aliphatic carbocycles. The van der Waals surface area contributed by atoms with Gasteiger partial charge in [-0.05, 0) is 26.0 Å². The van der Waals surface area contributed by atoms with E-state index in [4.69, 9.17) is 10.2 Å². The van der Waals surface area contributed by atoms with E-state index in [9.17, 15) is 0 Å². The number of hydrogen-bond acceptors (Lipinski definition) is 3. The van der Waals surface area contributed by atoms with Crippen LogP contribution in [0.1, 0.15) is 24.2 Å². The molecule has 3 nitrogen and oxygen atoms in total. The molecule has 13 heavy (non-hydrogen) atoms. The largest absolute Gasteiger partial charge is 0.468 e. The Bertz CT molecular complexity index is 278. The van der Waals surface area contributed by atoms with Crippen LogP contribution in [0.4, 0.5) is 0 Å². The molecule has 2 N–H and O–H groups in total. The Labute approximate surface area is 78.5 Å². The van der Waals surface area contributed by atoms with Crippen molar-refractivity contribution < 1.29 is 4.42 Å². The van der Waals surface area contributed by atoms with Crippen LogP contribution in [-0.4, -0.2) is 18.0 Å². The van der Waals surface area contributed by atoms with Crippen molar-refractivity contribution in [2.45, 2.75) is 32.0 Å². The molecule has 0 bridgehead atoms. The SMILES string of the molecule is CN(Cc1ccoc1CN)C1CC1. The van der Waals surface area contributed by atoms with E-state index in [0.717, 1.165) is 18.3 Å². The lowest BCUT2D eigenvalue weighted by atomic mass is 10.2. The molecule has 1 aromatic rings. The van der Waals surface area contributed by atoms with Crippen molar-refractivity contribution in [3.05, 3.63) is 23.7 Å². The molecule has 1 saturated carbocycles. The molecule has 1 heterocycles. The van der Waals surface area contributed by atoms with Crippen LogP contribution < -0.4 is 5.73 Å². The maximum Gasteiger partial charge on any atom is 0.121 e. The molecular weight excluding hydrogens is 164 g/mol. The summed E-state index contributed by atoms with van der Waals surface area (Å²) >= 11 is 0. The highest BCUT2D eigenvalue weighted by Crippen LogP contribution is 2.27. The summed E-state index contributed by atoms with van der Waals surface area (Å²) in [5.74, 6) is 0.924. The maximum atomic E-state index is 5.55. The van der Waals surface area contributed by atoms with Crippen LogP contribution in [-0.2, 0) is 13.1 Å². The smallest absolute Gasteiger partial charge is 0.121 e. The molecule has 1 aliphatic rings. The van der Waals surface area contributed by atoms with Crippen molar-refractivity contribution in [3.8, 4) is 0 Å². The Morgan fingerprint density at radius 1 is 1.62 bits per heavy atom. The molecule has 3 heteroatoms. The summed E-state index contributed by atoms with van der Waals surface area (Å²) in [7, 11) is 2.16. The predicted octanol–water partition coefficient (Wildman–Crippen LogP) is 1.33. The molecule has 2 rings (SSSR count). The number of hydrogen-bond donors (Lipinski definition) is 1. The summed E-state index contributed by atoms with van der Waals surface area (Å²) in [5, 5.41) is 0. The van der Waals surface area contributed by atoms with Crippen molar-refractivity contribution in [2.75, 3.05) is 7.05 Å². The quantitative estimate of drug-likeness (QED) is 0.760. The minimum absolute atomic E-state index is 0.501. The first kappa shape index (κ1) is 8.78. The second kappa shape index (κ2) is 3.52. The first-order valence-electron chi connectivity index (χ1n) is 4.77. The van der Waals surface area contributed by atoms with E-state index in [2.05, 4.69) is 11.9 Å². The minimum Gasteiger partial charge on any atom is -0.468 e. The summed E-state index contributed by atoms with van der Waals surface area (Å²) in [6, 6.07) is 2.81. The molecule has 0 aliphatic heterocycles. The summed E-state index contributed by atoms with van der Waals surface area (Å²) < 4.78 is 5.26.